The number of carbonyl (C=O) groups excluding carboxylic acids is 2. The molecular formula is C18H23N3O3. The van der Waals surface area contributed by atoms with Crippen LogP contribution in [0.5, 0.6) is 0 Å². The van der Waals surface area contributed by atoms with Crippen LogP contribution in [0.25, 0.3) is 0 Å². The molecule has 0 saturated heterocycles. The zero-order valence-electron chi connectivity index (χ0n) is 14.4. The number of carbonyl (C=O) groups is 2. The molecule has 0 bridgehead atoms. The van der Waals surface area contributed by atoms with Crippen LogP contribution in [-0.2, 0) is 4.79 Å². The maximum Gasteiger partial charge on any atom is 0.319 e. The monoisotopic (exact) mass is 329 g/mol. The van der Waals surface area contributed by atoms with E-state index in [1.807, 2.05) is 26.8 Å². The molecule has 128 valence electrons. The van der Waals surface area contributed by atoms with E-state index in [0.29, 0.717) is 17.8 Å². The molecule has 0 aliphatic carbocycles. The van der Waals surface area contributed by atoms with Crippen molar-refractivity contribution in [3.63, 3.8) is 0 Å². The predicted octanol–water partition coefficient (Wildman–Crippen LogP) is 4.13. The number of hydrogen-bond acceptors (Lipinski definition) is 3. The minimum absolute atomic E-state index is 0.0731. The van der Waals surface area contributed by atoms with E-state index in [1.165, 1.54) is 0 Å². The van der Waals surface area contributed by atoms with E-state index in [2.05, 4.69) is 16.0 Å². The fraction of sp³-hybridized carbons (Fsp3) is 0.333. The van der Waals surface area contributed by atoms with Crippen molar-refractivity contribution in [3.05, 3.63) is 47.4 Å². The number of rotatable bonds is 5. The number of amides is 3. The number of furan rings is 1. The van der Waals surface area contributed by atoms with Crippen molar-refractivity contribution >= 4 is 23.3 Å². The quantitative estimate of drug-likeness (QED) is 0.771. The summed E-state index contributed by atoms with van der Waals surface area (Å²) in [6, 6.07) is 8.45. The molecule has 1 heterocycles. The van der Waals surface area contributed by atoms with Crippen molar-refractivity contribution in [1.82, 2.24) is 5.32 Å². The maximum absolute atomic E-state index is 12.2. The van der Waals surface area contributed by atoms with Gasteiger partial charge in [-0.2, -0.15) is 0 Å². The summed E-state index contributed by atoms with van der Waals surface area (Å²) in [4.78, 5) is 23.6. The van der Waals surface area contributed by atoms with E-state index in [4.69, 9.17) is 4.42 Å². The SMILES string of the molecule is CCC(=O)Nc1cccc(NC(=O)N[C@@H](C)c2cc(C)oc2C)c1. The Balaban J connectivity index is 1.98. The molecule has 0 aliphatic heterocycles. The number of urea groups is 1. The first kappa shape index (κ1) is 17.6. The van der Waals surface area contributed by atoms with Crippen LogP contribution < -0.4 is 16.0 Å². The van der Waals surface area contributed by atoms with Crippen LogP contribution in [0.1, 0.15) is 43.4 Å². The summed E-state index contributed by atoms with van der Waals surface area (Å²) < 4.78 is 5.49. The van der Waals surface area contributed by atoms with E-state index >= 15 is 0 Å². The lowest BCUT2D eigenvalue weighted by molar-refractivity contribution is -0.115. The highest BCUT2D eigenvalue weighted by Gasteiger charge is 2.15. The van der Waals surface area contributed by atoms with Crippen LogP contribution in [0.15, 0.2) is 34.7 Å². The molecule has 3 amide bonds. The van der Waals surface area contributed by atoms with E-state index in [0.717, 1.165) is 17.1 Å². The van der Waals surface area contributed by atoms with Gasteiger partial charge in [0.05, 0.1) is 6.04 Å². The van der Waals surface area contributed by atoms with Crippen molar-refractivity contribution in [2.24, 2.45) is 0 Å². The van der Waals surface area contributed by atoms with Crippen LogP contribution in [0.3, 0.4) is 0 Å². The highest BCUT2D eigenvalue weighted by molar-refractivity contribution is 5.93. The Morgan fingerprint density at radius 1 is 1.12 bits per heavy atom. The Kier molecular flexibility index (Phi) is 5.63. The van der Waals surface area contributed by atoms with Crippen LogP contribution in [0.2, 0.25) is 0 Å². The second-order valence-electron chi connectivity index (χ2n) is 5.67. The fourth-order valence-corrected chi connectivity index (χ4v) is 2.45. The topological polar surface area (TPSA) is 83.4 Å². The molecule has 2 aromatic rings. The molecule has 2 rings (SSSR count). The van der Waals surface area contributed by atoms with Crippen LogP contribution in [0.4, 0.5) is 16.2 Å². The first-order chi connectivity index (χ1) is 11.4. The predicted molar refractivity (Wildman–Crippen MR) is 94.1 cm³/mol. The van der Waals surface area contributed by atoms with E-state index in [1.54, 1.807) is 31.2 Å². The Hall–Kier alpha value is -2.76. The highest BCUT2D eigenvalue weighted by Crippen LogP contribution is 2.21. The third-order valence-corrected chi connectivity index (χ3v) is 3.62. The van der Waals surface area contributed by atoms with Crippen molar-refractivity contribution < 1.29 is 14.0 Å². The van der Waals surface area contributed by atoms with Gasteiger partial charge in [0, 0.05) is 23.4 Å². The number of anilines is 2. The first-order valence-corrected chi connectivity index (χ1v) is 7.93. The lowest BCUT2D eigenvalue weighted by atomic mass is 10.1. The summed E-state index contributed by atoms with van der Waals surface area (Å²) in [6.45, 7) is 7.43. The third kappa shape index (κ3) is 4.62. The highest BCUT2D eigenvalue weighted by atomic mass is 16.3. The van der Waals surface area contributed by atoms with Gasteiger partial charge in [-0.1, -0.05) is 13.0 Å². The summed E-state index contributed by atoms with van der Waals surface area (Å²) in [5, 5.41) is 8.40. The van der Waals surface area contributed by atoms with Gasteiger partial charge in [0.2, 0.25) is 5.91 Å². The molecule has 1 aromatic heterocycles. The van der Waals surface area contributed by atoms with Crippen molar-refractivity contribution in [1.29, 1.82) is 0 Å². The van der Waals surface area contributed by atoms with E-state index < -0.39 is 0 Å². The molecule has 1 atom stereocenters. The second kappa shape index (κ2) is 7.68. The van der Waals surface area contributed by atoms with Gasteiger partial charge in [-0.05, 0) is 45.0 Å². The molecule has 0 aliphatic rings. The lowest BCUT2D eigenvalue weighted by Crippen LogP contribution is -2.31. The molecule has 0 unspecified atom stereocenters. The molecule has 6 heteroatoms. The third-order valence-electron chi connectivity index (χ3n) is 3.62. The number of aryl methyl sites for hydroxylation is 2. The van der Waals surface area contributed by atoms with Gasteiger partial charge in [-0.25, -0.2) is 4.79 Å². The Morgan fingerprint density at radius 2 is 1.79 bits per heavy atom. The summed E-state index contributed by atoms with van der Waals surface area (Å²) in [6.07, 6.45) is 0.402. The van der Waals surface area contributed by atoms with Gasteiger partial charge in [-0.15, -0.1) is 0 Å². The van der Waals surface area contributed by atoms with E-state index in [9.17, 15) is 9.59 Å². The molecule has 0 radical (unpaired) electrons. The minimum atomic E-state index is -0.320. The van der Waals surface area contributed by atoms with Crippen molar-refractivity contribution in [2.45, 2.75) is 40.2 Å². The summed E-state index contributed by atoms with van der Waals surface area (Å²) >= 11 is 0. The van der Waals surface area contributed by atoms with Gasteiger partial charge in [0.15, 0.2) is 0 Å². The van der Waals surface area contributed by atoms with Gasteiger partial charge in [-0.3, -0.25) is 4.79 Å². The number of benzene rings is 1. The van der Waals surface area contributed by atoms with Gasteiger partial charge in [0.1, 0.15) is 11.5 Å². The molecule has 0 saturated carbocycles. The van der Waals surface area contributed by atoms with Crippen LogP contribution in [0, 0.1) is 13.8 Å². The zero-order valence-corrected chi connectivity index (χ0v) is 14.4. The molecular weight excluding hydrogens is 306 g/mol. The largest absolute Gasteiger partial charge is 0.466 e. The Labute approximate surface area is 141 Å². The lowest BCUT2D eigenvalue weighted by Gasteiger charge is -2.14. The average Bonchev–Trinajstić information content (AvgIpc) is 2.86. The zero-order chi connectivity index (χ0) is 17.7. The molecule has 1 aromatic carbocycles. The molecule has 0 fully saturated rings. The molecule has 6 nitrogen and oxygen atoms in total. The Morgan fingerprint density at radius 3 is 2.38 bits per heavy atom. The Bertz CT molecular complexity index is 737. The smallest absolute Gasteiger partial charge is 0.319 e. The maximum atomic E-state index is 12.2. The molecule has 0 spiro atoms. The van der Waals surface area contributed by atoms with E-state index in [-0.39, 0.29) is 18.0 Å². The summed E-state index contributed by atoms with van der Waals surface area (Å²) in [5.41, 5.74) is 2.20. The second-order valence-corrected chi connectivity index (χ2v) is 5.67. The van der Waals surface area contributed by atoms with Crippen molar-refractivity contribution in [3.8, 4) is 0 Å². The average molecular weight is 329 g/mol. The minimum Gasteiger partial charge on any atom is -0.466 e. The first-order valence-electron chi connectivity index (χ1n) is 7.93. The van der Waals surface area contributed by atoms with Gasteiger partial charge >= 0.3 is 6.03 Å². The van der Waals surface area contributed by atoms with Gasteiger partial charge < -0.3 is 20.4 Å². The summed E-state index contributed by atoms with van der Waals surface area (Å²) in [5.74, 6) is 1.54. The summed E-state index contributed by atoms with van der Waals surface area (Å²) in [7, 11) is 0. The number of hydrogen-bond donors (Lipinski definition) is 3. The van der Waals surface area contributed by atoms with Crippen LogP contribution >= 0.6 is 0 Å². The fourth-order valence-electron chi connectivity index (χ4n) is 2.45. The molecule has 24 heavy (non-hydrogen) atoms. The normalized spacial score (nSPS) is 11.7. The van der Waals surface area contributed by atoms with Gasteiger partial charge in [0.25, 0.3) is 0 Å². The molecule has 3 N–H and O–H groups in total. The van der Waals surface area contributed by atoms with Crippen LogP contribution in [-0.4, -0.2) is 11.9 Å². The van der Waals surface area contributed by atoms with Crippen molar-refractivity contribution in [2.75, 3.05) is 10.6 Å². The standard InChI is InChI=1S/C18H23N3O3/c1-5-17(22)20-14-7-6-8-15(10-14)21-18(23)19-12(3)16-9-11(2)24-13(16)4/h6-10,12H,5H2,1-4H3,(H,20,22)(H2,19,21,23)/t12-/m0/s1. The number of nitrogens with one attached hydrogen (secondary N) is 3.